The third-order valence-corrected chi connectivity index (χ3v) is 8.65. The minimum Gasteiger partial charge on any atom is -0.508 e. The third-order valence-electron chi connectivity index (χ3n) is 7.23. The van der Waals surface area contributed by atoms with Crippen molar-refractivity contribution in [2.75, 3.05) is 7.11 Å². The Morgan fingerprint density at radius 2 is 2.00 bits per heavy atom. The Balaban J connectivity index is 1.32. The average molecular weight is 445 g/mol. The van der Waals surface area contributed by atoms with E-state index in [1.807, 2.05) is 12.2 Å². The molecule has 0 fully saturated rings. The average Bonchev–Trinajstić information content (AvgIpc) is 3.22. The monoisotopic (exact) mass is 444 g/mol. The van der Waals surface area contributed by atoms with E-state index in [1.54, 1.807) is 24.3 Å². The molecule has 3 aliphatic carbocycles. The van der Waals surface area contributed by atoms with E-state index in [0.29, 0.717) is 22.9 Å². The fourth-order valence-corrected chi connectivity index (χ4v) is 7.20. The summed E-state index contributed by atoms with van der Waals surface area (Å²) in [6.45, 7) is 0. The number of fused-ring (bicyclic) bond motifs is 4. The number of allylic oxidation sites excluding steroid dienone is 6. The van der Waals surface area contributed by atoms with E-state index < -0.39 is 0 Å². The molecule has 4 nitrogen and oxygen atoms in total. The van der Waals surface area contributed by atoms with Crippen molar-refractivity contribution in [2.24, 2.45) is 4.99 Å². The molecule has 2 N–H and O–H groups in total. The van der Waals surface area contributed by atoms with Gasteiger partial charge in [-0.1, -0.05) is 35.9 Å². The molecule has 0 bridgehead atoms. The molecule has 164 valence electrons. The maximum Gasteiger partial charge on any atom is 0.213 e. The minimum absolute atomic E-state index is 0.0374. The summed E-state index contributed by atoms with van der Waals surface area (Å²) in [6, 6.07) is 6.93. The number of hydrogen-bond acceptors (Lipinski definition) is 5. The number of benzene rings is 1. The van der Waals surface area contributed by atoms with Crippen molar-refractivity contribution in [1.82, 2.24) is 5.32 Å². The van der Waals surface area contributed by atoms with Gasteiger partial charge in [0.05, 0.1) is 13.2 Å². The molecule has 2 heterocycles. The van der Waals surface area contributed by atoms with Crippen molar-refractivity contribution in [1.29, 1.82) is 0 Å². The second-order valence-corrected chi connectivity index (χ2v) is 10.3. The fraction of sp³-hybridized carbons (Fsp3) is 0.370. The van der Waals surface area contributed by atoms with Crippen LogP contribution in [0.15, 0.2) is 86.8 Å². The highest BCUT2D eigenvalue weighted by Gasteiger charge is 2.39. The van der Waals surface area contributed by atoms with Crippen LogP contribution in [0.25, 0.3) is 0 Å². The second kappa shape index (κ2) is 8.04. The summed E-state index contributed by atoms with van der Waals surface area (Å²) in [5.74, 6) is 2.17. The van der Waals surface area contributed by atoms with Gasteiger partial charge in [0.2, 0.25) is 5.88 Å². The summed E-state index contributed by atoms with van der Waals surface area (Å²) in [4.78, 5) is 6.02. The van der Waals surface area contributed by atoms with Crippen LogP contribution in [0.3, 0.4) is 0 Å². The maximum atomic E-state index is 10.4. The first-order chi connectivity index (χ1) is 15.7. The van der Waals surface area contributed by atoms with E-state index in [1.165, 1.54) is 41.7 Å². The Labute approximate surface area is 193 Å². The van der Waals surface area contributed by atoms with Crippen molar-refractivity contribution in [2.45, 2.75) is 60.6 Å². The number of nitrogens with zero attached hydrogens (tertiary/aromatic N) is 1. The van der Waals surface area contributed by atoms with E-state index in [4.69, 9.17) is 4.74 Å². The molecule has 2 aliphatic heterocycles. The highest BCUT2D eigenvalue weighted by molar-refractivity contribution is 8.00. The molecular formula is C27H28N2O2S. The van der Waals surface area contributed by atoms with E-state index in [-0.39, 0.29) is 11.8 Å². The van der Waals surface area contributed by atoms with Gasteiger partial charge in [0.1, 0.15) is 11.6 Å². The highest BCUT2D eigenvalue weighted by atomic mass is 32.2. The van der Waals surface area contributed by atoms with E-state index in [9.17, 15) is 5.11 Å². The lowest BCUT2D eigenvalue weighted by atomic mass is 9.75. The summed E-state index contributed by atoms with van der Waals surface area (Å²) >= 11 is 2.06. The molecule has 0 spiro atoms. The molecule has 0 saturated carbocycles. The molecule has 1 aromatic rings. The first-order valence-electron chi connectivity index (χ1n) is 11.6. The Kier molecular flexibility index (Phi) is 5.02. The SMILES string of the molecule is COC1=CC(c2ccc3c(c2)SC2CCC4=C(CCC=C4)C32)NC(C2=C(O)C=CCC2)=N1. The first-order valence-corrected chi connectivity index (χ1v) is 12.5. The maximum absolute atomic E-state index is 10.4. The van der Waals surface area contributed by atoms with Crippen molar-refractivity contribution in [3.8, 4) is 0 Å². The van der Waals surface area contributed by atoms with Crippen molar-refractivity contribution in [3.05, 3.63) is 88.1 Å². The largest absolute Gasteiger partial charge is 0.508 e. The van der Waals surface area contributed by atoms with Crippen LogP contribution in [0.1, 0.15) is 61.6 Å². The molecule has 0 amide bonds. The summed E-state index contributed by atoms with van der Waals surface area (Å²) in [7, 11) is 1.65. The van der Waals surface area contributed by atoms with Crippen molar-refractivity contribution < 1.29 is 9.84 Å². The second-order valence-electron chi connectivity index (χ2n) is 9.06. The molecule has 0 aromatic heterocycles. The molecule has 3 atom stereocenters. The quantitative estimate of drug-likeness (QED) is 0.568. The topological polar surface area (TPSA) is 53.8 Å². The Morgan fingerprint density at radius 1 is 1.12 bits per heavy atom. The predicted octanol–water partition coefficient (Wildman–Crippen LogP) is 6.38. The van der Waals surface area contributed by atoms with Crippen LogP contribution in [0.4, 0.5) is 0 Å². The number of aliphatic hydroxyl groups excluding tert-OH is 1. The van der Waals surface area contributed by atoms with Gasteiger partial charge in [-0.15, -0.1) is 11.8 Å². The summed E-state index contributed by atoms with van der Waals surface area (Å²) in [5.41, 5.74) is 6.84. The normalized spacial score (nSPS) is 28.5. The minimum atomic E-state index is -0.0374. The zero-order valence-corrected chi connectivity index (χ0v) is 19.1. The van der Waals surface area contributed by atoms with Gasteiger partial charge in [-0.05, 0) is 67.4 Å². The molecular weight excluding hydrogens is 416 g/mol. The van der Waals surface area contributed by atoms with Gasteiger partial charge in [0.25, 0.3) is 0 Å². The zero-order chi connectivity index (χ0) is 21.7. The van der Waals surface area contributed by atoms with Gasteiger partial charge in [0, 0.05) is 27.7 Å². The first kappa shape index (κ1) is 20.0. The lowest BCUT2D eigenvalue weighted by Gasteiger charge is -2.32. The van der Waals surface area contributed by atoms with Crippen LogP contribution < -0.4 is 5.32 Å². The van der Waals surface area contributed by atoms with Crippen molar-refractivity contribution >= 4 is 17.6 Å². The number of thioether (sulfide) groups is 1. The Morgan fingerprint density at radius 3 is 2.88 bits per heavy atom. The van der Waals surface area contributed by atoms with Crippen molar-refractivity contribution in [3.63, 3.8) is 0 Å². The Bertz CT molecular complexity index is 1150. The van der Waals surface area contributed by atoms with Gasteiger partial charge < -0.3 is 15.2 Å². The van der Waals surface area contributed by atoms with Crippen LogP contribution in [0.5, 0.6) is 0 Å². The van der Waals surface area contributed by atoms with Crippen LogP contribution in [0, 0.1) is 0 Å². The van der Waals surface area contributed by atoms with Crippen LogP contribution in [0.2, 0.25) is 0 Å². The highest BCUT2D eigenvalue weighted by Crippen LogP contribution is 2.56. The molecule has 0 saturated heterocycles. The van der Waals surface area contributed by atoms with Gasteiger partial charge in [0.15, 0.2) is 0 Å². The number of nitrogens with one attached hydrogen (secondary N) is 1. The third kappa shape index (κ3) is 3.34. The van der Waals surface area contributed by atoms with Gasteiger partial charge >= 0.3 is 0 Å². The molecule has 5 heteroatoms. The van der Waals surface area contributed by atoms with Crippen LogP contribution in [-0.4, -0.2) is 23.3 Å². The Hall–Kier alpha value is -2.66. The zero-order valence-electron chi connectivity index (χ0n) is 18.3. The lowest BCUT2D eigenvalue weighted by Crippen LogP contribution is -2.33. The molecule has 32 heavy (non-hydrogen) atoms. The van der Waals surface area contributed by atoms with Crippen LogP contribution >= 0.6 is 11.8 Å². The van der Waals surface area contributed by atoms with Crippen LogP contribution in [-0.2, 0) is 4.74 Å². The van der Waals surface area contributed by atoms with Gasteiger partial charge in [-0.3, -0.25) is 0 Å². The fourth-order valence-electron chi connectivity index (χ4n) is 5.65. The molecule has 0 radical (unpaired) electrons. The summed E-state index contributed by atoms with van der Waals surface area (Å²) in [5, 5.41) is 14.6. The van der Waals surface area contributed by atoms with Gasteiger partial charge in [-0.25, -0.2) is 0 Å². The molecule has 6 rings (SSSR count). The molecule has 5 aliphatic rings. The standard InChI is InChI=1S/C27H28N2O2S/c1-31-25-15-21(28-27(29-25)19-8-4-5-9-22(19)30)17-10-12-20-24(14-17)32-23-13-11-16-6-2-3-7-18(16)26(20)23/h2,5-6,9-10,12,14-15,21,23,26,30H,3-4,7-8,11,13H2,1H3,(H,28,29). The number of amidine groups is 1. The van der Waals surface area contributed by atoms with E-state index >= 15 is 0 Å². The van der Waals surface area contributed by atoms with E-state index in [0.717, 1.165) is 18.4 Å². The number of rotatable bonds is 3. The number of aliphatic imine (C=N–C) groups is 1. The van der Waals surface area contributed by atoms with E-state index in [2.05, 4.69) is 52.4 Å². The summed E-state index contributed by atoms with van der Waals surface area (Å²) in [6.07, 6.45) is 17.0. The molecule has 3 unspecified atom stereocenters. The number of ether oxygens (including phenoxy) is 1. The number of hydrogen-bond donors (Lipinski definition) is 2. The predicted molar refractivity (Wildman–Crippen MR) is 130 cm³/mol. The van der Waals surface area contributed by atoms with Gasteiger partial charge in [-0.2, -0.15) is 4.99 Å². The number of methoxy groups -OCH3 is 1. The smallest absolute Gasteiger partial charge is 0.213 e. The number of aliphatic hydroxyl groups is 1. The summed E-state index contributed by atoms with van der Waals surface area (Å²) < 4.78 is 5.52. The lowest BCUT2D eigenvalue weighted by molar-refractivity contribution is 0.282. The molecule has 1 aromatic carbocycles.